The van der Waals surface area contributed by atoms with Gasteiger partial charge in [0.1, 0.15) is 12.4 Å². The number of carbonyl (C=O) groups excluding carboxylic acids is 1. The molecule has 5 heterocycles. The fourth-order valence-corrected chi connectivity index (χ4v) is 8.65. The average molecular weight is 889 g/mol. The van der Waals surface area contributed by atoms with Crippen molar-refractivity contribution in [2.24, 2.45) is 26.8 Å². The first-order valence-electron chi connectivity index (χ1n) is 22.9. The molecule has 1 aliphatic carbocycles. The van der Waals surface area contributed by atoms with Gasteiger partial charge in [-0.2, -0.15) is 0 Å². The predicted molar refractivity (Wildman–Crippen MR) is 245 cm³/mol. The summed E-state index contributed by atoms with van der Waals surface area (Å²) in [5.74, 6) is 0.0330. The predicted octanol–water partition coefficient (Wildman–Crippen LogP) is 6.50. The number of aliphatic hydroxyl groups is 2. The number of allylic oxidation sites excluding steroid dienone is 12. The quantitative estimate of drug-likeness (QED) is 0.0575. The van der Waals surface area contributed by atoms with E-state index in [2.05, 4.69) is 58.2 Å². The van der Waals surface area contributed by atoms with Crippen LogP contribution in [-0.4, -0.2) is 139 Å². The van der Waals surface area contributed by atoms with Crippen molar-refractivity contribution in [2.45, 2.75) is 73.6 Å². The maximum Gasteiger partial charge on any atom is 0.305 e. The molecule has 6 rings (SSSR count). The summed E-state index contributed by atoms with van der Waals surface area (Å²) in [7, 11) is 0. The number of nitrogens with zero attached hydrogens (tertiary/aromatic N) is 3. The molecule has 0 saturated carbocycles. The molecular formula is C49H68N4O11. The van der Waals surface area contributed by atoms with E-state index in [1.165, 1.54) is 11.1 Å². The SMILES string of the molecule is CCC1=C(C)C2=NC1=CC1=C(C)C3=C(O)CC(=C4NC(=CC5=NC(=C2)C(CC)=C5C)[C@@H](C)[C@@H]4CCC(=O)OCCOCCOCCOCCOCCOCCOCCOCCO)C3=N1. The summed E-state index contributed by atoms with van der Waals surface area (Å²) in [5, 5.41) is 23.8. The highest BCUT2D eigenvalue weighted by Gasteiger charge is 2.41. The summed E-state index contributed by atoms with van der Waals surface area (Å²) in [6, 6.07) is 0. The smallest absolute Gasteiger partial charge is 0.305 e. The van der Waals surface area contributed by atoms with Crippen LogP contribution in [0.4, 0.5) is 0 Å². The highest BCUT2D eigenvalue weighted by atomic mass is 16.6. The Hall–Kier alpha value is -4.32. The highest BCUT2D eigenvalue weighted by molar-refractivity contribution is 6.21. The van der Waals surface area contributed by atoms with E-state index in [0.717, 1.165) is 86.3 Å². The van der Waals surface area contributed by atoms with Gasteiger partial charge in [-0.3, -0.25) is 4.79 Å². The number of nitrogens with one attached hydrogen (secondary N) is 1. The van der Waals surface area contributed by atoms with Crippen LogP contribution in [0.5, 0.6) is 0 Å². The molecule has 6 aliphatic rings. The number of hydrogen-bond acceptors (Lipinski definition) is 15. The lowest BCUT2D eigenvalue weighted by Gasteiger charge is -2.17. The fraction of sp³-hybridized carbons (Fsp3) is 0.592. The highest BCUT2D eigenvalue weighted by Crippen LogP contribution is 2.46. The van der Waals surface area contributed by atoms with Crippen LogP contribution in [0.1, 0.15) is 73.6 Å². The van der Waals surface area contributed by atoms with Gasteiger partial charge >= 0.3 is 5.97 Å². The van der Waals surface area contributed by atoms with E-state index in [1.54, 1.807) is 0 Å². The van der Waals surface area contributed by atoms with Crippen LogP contribution >= 0.6 is 0 Å². The summed E-state index contributed by atoms with van der Waals surface area (Å²) >= 11 is 0. The first-order chi connectivity index (χ1) is 31.2. The van der Waals surface area contributed by atoms with Crippen LogP contribution in [0.2, 0.25) is 0 Å². The summed E-state index contributed by atoms with van der Waals surface area (Å²) in [6.45, 7) is 19.0. The molecule has 8 bridgehead atoms. The van der Waals surface area contributed by atoms with Crippen molar-refractivity contribution < 1.29 is 52.9 Å². The van der Waals surface area contributed by atoms with Gasteiger partial charge in [-0.1, -0.05) is 20.8 Å². The van der Waals surface area contributed by atoms with Gasteiger partial charge in [-0.05, 0) is 86.1 Å². The van der Waals surface area contributed by atoms with Crippen molar-refractivity contribution in [3.63, 3.8) is 0 Å². The molecular weight excluding hydrogens is 821 g/mol. The van der Waals surface area contributed by atoms with Crippen LogP contribution in [0, 0.1) is 11.8 Å². The number of ether oxygens (including phenoxy) is 8. The summed E-state index contributed by atoms with van der Waals surface area (Å²) < 4.78 is 43.8. The number of aliphatic imine (C=N–C) groups is 3. The second-order valence-electron chi connectivity index (χ2n) is 16.2. The molecule has 0 aromatic carbocycles. The maximum absolute atomic E-state index is 13.1. The van der Waals surface area contributed by atoms with Gasteiger partial charge in [0.15, 0.2) is 0 Å². The number of aliphatic hydroxyl groups excluding tert-OH is 2. The second kappa shape index (κ2) is 24.8. The Kier molecular flexibility index (Phi) is 19.1. The largest absolute Gasteiger partial charge is 0.511 e. The van der Waals surface area contributed by atoms with Crippen molar-refractivity contribution >= 4 is 23.1 Å². The second-order valence-corrected chi connectivity index (χ2v) is 16.2. The van der Waals surface area contributed by atoms with Crippen LogP contribution in [0.25, 0.3) is 0 Å². The average Bonchev–Trinajstić information content (AvgIpc) is 4.04. The molecule has 1 saturated heterocycles. The van der Waals surface area contributed by atoms with Gasteiger partial charge in [-0.15, -0.1) is 0 Å². The van der Waals surface area contributed by atoms with E-state index in [4.69, 9.17) is 58.0 Å². The Morgan fingerprint density at radius 2 is 1.16 bits per heavy atom. The minimum Gasteiger partial charge on any atom is -0.511 e. The monoisotopic (exact) mass is 888 g/mol. The van der Waals surface area contributed by atoms with E-state index in [1.807, 2.05) is 6.92 Å². The third-order valence-corrected chi connectivity index (χ3v) is 12.2. The van der Waals surface area contributed by atoms with Crippen molar-refractivity contribution in [3.05, 3.63) is 91.5 Å². The minimum absolute atomic E-state index is 0.0120. The van der Waals surface area contributed by atoms with Gasteiger partial charge < -0.3 is 53.4 Å². The number of esters is 1. The molecule has 350 valence electrons. The van der Waals surface area contributed by atoms with E-state index in [0.29, 0.717) is 104 Å². The standard InChI is InChI=1S/C49H68N4O11/c1-7-35-31(3)39-28-41-33(5)37(9-10-46(56)64-26-25-63-24-23-62-22-21-61-20-19-60-18-17-59-16-15-58-14-13-57-12-11-54)48(52-41)38-27-45(55)47-34(6)42(53-49(38)47)30-44-36(8-2)32(4)40(51-44)29-43(35)50-39/h28-30,33,37,52,54-55H,7-27H2,1-6H3/t33-,37-/m0/s1. The number of rotatable bonds is 28. The Bertz CT molecular complexity index is 2060. The van der Waals surface area contributed by atoms with Gasteiger partial charge in [-0.25, -0.2) is 15.0 Å². The third-order valence-electron chi connectivity index (χ3n) is 12.2. The van der Waals surface area contributed by atoms with Gasteiger partial charge in [0, 0.05) is 47.2 Å². The molecule has 3 N–H and O–H groups in total. The maximum atomic E-state index is 13.1. The number of hydrogen-bond donors (Lipinski definition) is 3. The van der Waals surface area contributed by atoms with Crippen molar-refractivity contribution in [2.75, 3.05) is 106 Å². The van der Waals surface area contributed by atoms with Gasteiger partial charge in [0.05, 0.1) is 133 Å². The number of carbonyl (C=O) groups is 1. The van der Waals surface area contributed by atoms with E-state index in [-0.39, 0.29) is 44.0 Å². The summed E-state index contributed by atoms with van der Waals surface area (Å²) in [5.41, 5.74) is 14.7. The third kappa shape index (κ3) is 12.5. The topological polar surface area (TPSA) is 180 Å². The zero-order chi connectivity index (χ0) is 45.4. The normalized spacial score (nSPS) is 20.4. The van der Waals surface area contributed by atoms with E-state index < -0.39 is 0 Å². The first kappa shape index (κ1) is 49.1. The molecule has 0 aromatic rings. The lowest BCUT2D eigenvalue weighted by atomic mass is 9.86. The molecule has 64 heavy (non-hydrogen) atoms. The Morgan fingerprint density at radius 1 is 0.672 bits per heavy atom. The number of fused-ring (bicyclic) bond motifs is 5. The Labute approximate surface area is 378 Å². The Balaban J connectivity index is 0.939. The van der Waals surface area contributed by atoms with Crippen molar-refractivity contribution in [1.82, 2.24) is 5.32 Å². The van der Waals surface area contributed by atoms with Crippen molar-refractivity contribution in [3.8, 4) is 0 Å². The fourth-order valence-electron chi connectivity index (χ4n) is 8.65. The lowest BCUT2D eigenvalue weighted by molar-refractivity contribution is -0.145. The molecule has 0 aromatic heterocycles. The summed E-state index contributed by atoms with van der Waals surface area (Å²) in [4.78, 5) is 28.6. The van der Waals surface area contributed by atoms with Crippen molar-refractivity contribution in [1.29, 1.82) is 0 Å². The molecule has 15 nitrogen and oxygen atoms in total. The molecule has 2 atom stereocenters. The molecule has 0 spiro atoms. The Morgan fingerprint density at radius 3 is 1.67 bits per heavy atom. The van der Waals surface area contributed by atoms with Crippen LogP contribution in [0.15, 0.2) is 106 Å². The zero-order valence-electron chi connectivity index (χ0n) is 38.6. The van der Waals surface area contributed by atoms with Crippen LogP contribution < -0.4 is 5.32 Å². The van der Waals surface area contributed by atoms with E-state index >= 15 is 0 Å². The van der Waals surface area contributed by atoms with Crippen LogP contribution in [0.3, 0.4) is 0 Å². The minimum atomic E-state index is -0.283. The molecule has 0 unspecified atom stereocenters. The van der Waals surface area contributed by atoms with Crippen LogP contribution in [-0.2, 0) is 42.7 Å². The molecule has 0 radical (unpaired) electrons. The summed E-state index contributed by atoms with van der Waals surface area (Å²) in [6.07, 6.45) is 9.18. The van der Waals surface area contributed by atoms with E-state index in [9.17, 15) is 9.90 Å². The molecule has 15 heteroatoms. The van der Waals surface area contributed by atoms with Gasteiger partial charge in [0.2, 0.25) is 0 Å². The molecule has 1 fully saturated rings. The lowest BCUT2D eigenvalue weighted by Crippen LogP contribution is -2.17. The first-order valence-corrected chi connectivity index (χ1v) is 22.9. The zero-order valence-corrected chi connectivity index (χ0v) is 38.6. The van der Waals surface area contributed by atoms with Gasteiger partial charge in [0.25, 0.3) is 0 Å². The molecule has 5 aliphatic heterocycles. The molecule has 0 amide bonds.